The van der Waals surface area contributed by atoms with Crippen LogP contribution in [0.5, 0.6) is 0 Å². The first-order valence-electron chi connectivity index (χ1n) is 5.76. The molecule has 0 aliphatic heterocycles. The Kier molecular flexibility index (Phi) is 3.99. The molecule has 2 heterocycles. The van der Waals surface area contributed by atoms with E-state index in [0.29, 0.717) is 5.92 Å². The van der Waals surface area contributed by atoms with Gasteiger partial charge >= 0.3 is 0 Å². The normalized spacial score (nSPS) is 10.4. The lowest BCUT2D eigenvalue weighted by Crippen LogP contribution is -1.99. The molecule has 0 N–H and O–H groups in total. The molecule has 88 valence electrons. The molecule has 2 aromatic rings. The number of nitrogens with zero attached hydrogens (tertiary/aromatic N) is 4. The molecule has 0 bridgehead atoms. The van der Waals surface area contributed by atoms with E-state index in [1.54, 1.807) is 4.68 Å². The van der Waals surface area contributed by atoms with E-state index in [1.165, 1.54) is 0 Å². The third-order valence-corrected chi connectivity index (χ3v) is 2.30. The average molecular weight is 220 g/mol. The predicted octanol–water partition coefficient (Wildman–Crippen LogP) is 2.82. The van der Waals surface area contributed by atoms with Gasteiger partial charge in [0.15, 0.2) is 5.65 Å². The molecule has 2 rings (SSSR count). The summed E-state index contributed by atoms with van der Waals surface area (Å²) in [5, 5.41) is 5.34. The van der Waals surface area contributed by atoms with Gasteiger partial charge in [-0.1, -0.05) is 27.7 Å². The summed E-state index contributed by atoms with van der Waals surface area (Å²) in [5.74, 6) is 1.23. The van der Waals surface area contributed by atoms with Gasteiger partial charge in [0.25, 0.3) is 0 Å². The molecule has 0 radical (unpaired) electrons. The van der Waals surface area contributed by atoms with Crippen molar-refractivity contribution in [1.82, 2.24) is 19.7 Å². The fourth-order valence-corrected chi connectivity index (χ4v) is 1.49. The lowest BCUT2D eigenvalue weighted by molar-refractivity contribution is 0.747. The van der Waals surface area contributed by atoms with Crippen LogP contribution in [-0.2, 0) is 7.05 Å². The molecule has 4 nitrogen and oxygen atoms in total. The first-order valence-corrected chi connectivity index (χ1v) is 5.76. The third kappa shape index (κ3) is 2.21. The molecule has 16 heavy (non-hydrogen) atoms. The maximum atomic E-state index is 4.48. The van der Waals surface area contributed by atoms with Crippen LogP contribution in [-0.4, -0.2) is 19.7 Å². The van der Waals surface area contributed by atoms with Crippen molar-refractivity contribution in [2.45, 2.75) is 40.5 Å². The monoisotopic (exact) mass is 220 g/mol. The fourth-order valence-electron chi connectivity index (χ4n) is 1.49. The summed E-state index contributed by atoms with van der Waals surface area (Å²) >= 11 is 0. The van der Waals surface area contributed by atoms with Gasteiger partial charge in [-0.05, 0) is 6.92 Å². The smallest absolute Gasteiger partial charge is 0.161 e. The fraction of sp³-hybridized carbons (Fsp3) is 0.583. The zero-order valence-corrected chi connectivity index (χ0v) is 10.9. The second-order valence-corrected chi connectivity index (χ2v) is 3.83. The maximum Gasteiger partial charge on any atom is 0.161 e. The van der Waals surface area contributed by atoms with E-state index in [1.807, 2.05) is 34.0 Å². The SMILES string of the molecule is CC.Cc1nn(C)c2nc(C(C)C)ncc12. The van der Waals surface area contributed by atoms with E-state index >= 15 is 0 Å². The van der Waals surface area contributed by atoms with Gasteiger partial charge in [-0.3, -0.25) is 4.68 Å². The Morgan fingerprint density at radius 2 is 1.88 bits per heavy atom. The number of hydrogen-bond acceptors (Lipinski definition) is 3. The largest absolute Gasteiger partial charge is 0.250 e. The first-order chi connectivity index (χ1) is 7.59. The Morgan fingerprint density at radius 3 is 2.44 bits per heavy atom. The van der Waals surface area contributed by atoms with E-state index in [9.17, 15) is 0 Å². The van der Waals surface area contributed by atoms with Crippen molar-refractivity contribution < 1.29 is 0 Å². The minimum Gasteiger partial charge on any atom is -0.250 e. The van der Waals surface area contributed by atoms with Crippen molar-refractivity contribution in [2.75, 3.05) is 0 Å². The highest BCUT2D eigenvalue weighted by Crippen LogP contribution is 2.16. The van der Waals surface area contributed by atoms with Gasteiger partial charge in [-0.25, -0.2) is 9.97 Å². The molecule has 4 heteroatoms. The van der Waals surface area contributed by atoms with Gasteiger partial charge in [-0.15, -0.1) is 0 Å². The number of rotatable bonds is 1. The first kappa shape index (κ1) is 12.6. The highest BCUT2D eigenvalue weighted by atomic mass is 15.3. The molecule has 0 aliphatic rings. The molecule has 0 aliphatic carbocycles. The minimum absolute atomic E-state index is 0.356. The maximum absolute atomic E-state index is 4.48. The van der Waals surface area contributed by atoms with Crippen LogP contribution >= 0.6 is 0 Å². The molecule has 0 fully saturated rings. The molecule has 0 spiro atoms. The standard InChI is InChI=1S/C10H14N4.C2H6/c1-6(2)9-11-5-8-7(3)13-14(4)10(8)12-9;1-2/h5-6H,1-4H3;1-2H3. The highest BCUT2D eigenvalue weighted by Gasteiger charge is 2.09. The summed E-state index contributed by atoms with van der Waals surface area (Å²) in [5.41, 5.74) is 1.90. The van der Waals surface area contributed by atoms with Crippen LogP contribution in [0, 0.1) is 6.92 Å². The van der Waals surface area contributed by atoms with Crippen molar-refractivity contribution >= 4 is 11.0 Å². The lowest BCUT2D eigenvalue weighted by Gasteiger charge is -2.02. The van der Waals surface area contributed by atoms with Crippen molar-refractivity contribution in [1.29, 1.82) is 0 Å². The molecule has 0 atom stereocenters. The van der Waals surface area contributed by atoms with Crippen LogP contribution in [0.2, 0.25) is 0 Å². The Labute approximate surface area is 96.7 Å². The van der Waals surface area contributed by atoms with Crippen LogP contribution in [0.25, 0.3) is 11.0 Å². The van der Waals surface area contributed by atoms with Crippen LogP contribution in [0.4, 0.5) is 0 Å². The Hall–Kier alpha value is -1.45. The van der Waals surface area contributed by atoms with Gasteiger partial charge in [-0.2, -0.15) is 5.10 Å². The summed E-state index contributed by atoms with van der Waals surface area (Å²) < 4.78 is 1.80. The van der Waals surface area contributed by atoms with E-state index in [-0.39, 0.29) is 0 Å². The molecule has 0 saturated carbocycles. The zero-order valence-electron chi connectivity index (χ0n) is 10.9. The van der Waals surface area contributed by atoms with Gasteiger partial charge in [0, 0.05) is 19.2 Å². The summed E-state index contributed by atoms with van der Waals surface area (Å²) in [6, 6.07) is 0. The Balaban J connectivity index is 0.000000606. The second kappa shape index (κ2) is 5.05. The Bertz CT molecular complexity index is 471. The molecule has 2 aromatic heterocycles. The lowest BCUT2D eigenvalue weighted by atomic mass is 10.2. The molecule has 0 aromatic carbocycles. The second-order valence-electron chi connectivity index (χ2n) is 3.83. The molecule has 0 amide bonds. The number of aromatic nitrogens is 4. The van der Waals surface area contributed by atoms with Crippen molar-refractivity contribution in [3.63, 3.8) is 0 Å². The van der Waals surface area contributed by atoms with E-state index in [2.05, 4.69) is 28.9 Å². The number of hydrogen-bond donors (Lipinski definition) is 0. The molecular weight excluding hydrogens is 200 g/mol. The summed E-state index contributed by atoms with van der Waals surface area (Å²) in [7, 11) is 1.91. The predicted molar refractivity (Wildman–Crippen MR) is 66.5 cm³/mol. The van der Waals surface area contributed by atoms with Gasteiger partial charge in [0.05, 0.1) is 11.1 Å². The van der Waals surface area contributed by atoms with Crippen molar-refractivity contribution in [2.24, 2.45) is 7.05 Å². The van der Waals surface area contributed by atoms with Crippen molar-refractivity contribution in [3.8, 4) is 0 Å². The van der Waals surface area contributed by atoms with Crippen LogP contribution in [0.15, 0.2) is 6.20 Å². The van der Waals surface area contributed by atoms with Crippen LogP contribution in [0.3, 0.4) is 0 Å². The summed E-state index contributed by atoms with van der Waals surface area (Å²) in [6.45, 7) is 10.1. The van der Waals surface area contributed by atoms with Gasteiger partial charge in [0.1, 0.15) is 5.82 Å². The van der Waals surface area contributed by atoms with Gasteiger partial charge in [0.2, 0.25) is 0 Å². The molecule has 0 saturated heterocycles. The van der Waals surface area contributed by atoms with E-state index in [4.69, 9.17) is 0 Å². The Morgan fingerprint density at radius 1 is 1.25 bits per heavy atom. The number of fused-ring (bicyclic) bond motifs is 1. The van der Waals surface area contributed by atoms with Crippen LogP contribution < -0.4 is 0 Å². The average Bonchev–Trinajstić information content (AvgIpc) is 2.57. The third-order valence-electron chi connectivity index (χ3n) is 2.30. The molecule has 0 unspecified atom stereocenters. The topological polar surface area (TPSA) is 43.6 Å². The quantitative estimate of drug-likeness (QED) is 0.742. The minimum atomic E-state index is 0.356. The van der Waals surface area contributed by atoms with Gasteiger partial charge < -0.3 is 0 Å². The highest BCUT2D eigenvalue weighted by molar-refractivity contribution is 5.76. The number of aryl methyl sites for hydroxylation is 2. The van der Waals surface area contributed by atoms with E-state index < -0.39 is 0 Å². The zero-order chi connectivity index (χ0) is 12.3. The van der Waals surface area contributed by atoms with Crippen LogP contribution in [0.1, 0.15) is 45.1 Å². The summed E-state index contributed by atoms with van der Waals surface area (Å²) in [4.78, 5) is 8.80. The van der Waals surface area contributed by atoms with E-state index in [0.717, 1.165) is 22.6 Å². The molecular formula is C12H20N4. The summed E-state index contributed by atoms with van der Waals surface area (Å²) in [6.07, 6.45) is 1.86. The van der Waals surface area contributed by atoms with Crippen molar-refractivity contribution in [3.05, 3.63) is 17.7 Å².